The molecule has 96 valence electrons. The molecule has 1 N–H and O–H groups in total. The molecular weight excluding hydrogens is 210 g/mol. The zero-order chi connectivity index (χ0) is 12.7. The van der Waals surface area contributed by atoms with Gasteiger partial charge in [0, 0.05) is 11.7 Å². The first kappa shape index (κ1) is 13.9. The molecule has 0 spiro atoms. The maximum atomic E-state index is 5.21. The van der Waals surface area contributed by atoms with Crippen LogP contribution >= 0.6 is 0 Å². The summed E-state index contributed by atoms with van der Waals surface area (Å²) in [4.78, 5) is 0. The summed E-state index contributed by atoms with van der Waals surface area (Å²) in [5.74, 6) is 0.923. The number of anilines is 1. The van der Waals surface area contributed by atoms with Crippen molar-refractivity contribution < 1.29 is 4.74 Å². The summed E-state index contributed by atoms with van der Waals surface area (Å²) >= 11 is 0. The molecule has 0 aliphatic carbocycles. The summed E-state index contributed by atoms with van der Waals surface area (Å²) in [5, 5.41) is 3.56. The van der Waals surface area contributed by atoms with E-state index in [4.69, 9.17) is 4.74 Å². The second-order valence-electron chi connectivity index (χ2n) is 4.72. The Hall–Kier alpha value is -1.18. The van der Waals surface area contributed by atoms with Gasteiger partial charge in [0.15, 0.2) is 0 Å². The Morgan fingerprint density at radius 1 is 1.29 bits per heavy atom. The van der Waals surface area contributed by atoms with Gasteiger partial charge in [-0.25, -0.2) is 0 Å². The van der Waals surface area contributed by atoms with E-state index in [2.05, 4.69) is 38.2 Å². The number of ether oxygens (including phenoxy) is 1. The van der Waals surface area contributed by atoms with E-state index >= 15 is 0 Å². The van der Waals surface area contributed by atoms with Crippen molar-refractivity contribution in [3.05, 3.63) is 23.8 Å². The van der Waals surface area contributed by atoms with Crippen LogP contribution in [0.3, 0.4) is 0 Å². The van der Waals surface area contributed by atoms with Crippen LogP contribution in [-0.2, 0) is 0 Å². The number of aryl methyl sites for hydroxylation is 1. The second-order valence-corrected chi connectivity index (χ2v) is 4.72. The fourth-order valence-corrected chi connectivity index (χ4v) is 1.96. The summed E-state index contributed by atoms with van der Waals surface area (Å²) in [6.07, 6.45) is 5.15. The van der Waals surface area contributed by atoms with E-state index in [1.54, 1.807) is 7.11 Å². The van der Waals surface area contributed by atoms with Gasteiger partial charge in [0.05, 0.1) is 7.11 Å². The molecule has 1 rings (SSSR count). The minimum atomic E-state index is 0.536. The molecule has 0 aromatic heterocycles. The predicted octanol–water partition coefficient (Wildman–Crippen LogP) is 4.38. The second kappa shape index (κ2) is 7.21. The Labute approximate surface area is 105 Å². The summed E-state index contributed by atoms with van der Waals surface area (Å²) in [6, 6.07) is 6.72. The summed E-state index contributed by atoms with van der Waals surface area (Å²) in [6.45, 7) is 6.61. The zero-order valence-corrected chi connectivity index (χ0v) is 11.5. The summed E-state index contributed by atoms with van der Waals surface area (Å²) in [7, 11) is 1.70. The molecule has 17 heavy (non-hydrogen) atoms. The maximum Gasteiger partial charge on any atom is 0.119 e. The zero-order valence-electron chi connectivity index (χ0n) is 11.5. The molecule has 0 aliphatic heterocycles. The van der Waals surface area contributed by atoms with Crippen LogP contribution in [0.25, 0.3) is 0 Å². The SMILES string of the molecule is CCCCCC(C)Nc1ccc(OC)cc1C. The van der Waals surface area contributed by atoms with E-state index in [0.717, 1.165) is 5.75 Å². The third-order valence-corrected chi connectivity index (χ3v) is 3.08. The first-order chi connectivity index (χ1) is 8.17. The molecule has 2 nitrogen and oxygen atoms in total. The van der Waals surface area contributed by atoms with Gasteiger partial charge in [0.25, 0.3) is 0 Å². The summed E-state index contributed by atoms with van der Waals surface area (Å²) in [5.41, 5.74) is 2.46. The van der Waals surface area contributed by atoms with Crippen LogP contribution in [-0.4, -0.2) is 13.2 Å². The van der Waals surface area contributed by atoms with Crippen LogP contribution in [0.2, 0.25) is 0 Å². The van der Waals surface area contributed by atoms with Crippen LogP contribution in [0.5, 0.6) is 5.75 Å². The first-order valence-corrected chi connectivity index (χ1v) is 6.58. The first-order valence-electron chi connectivity index (χ1n) is 6.58. The van der Waals surface area contributed by atoms with Gasteiger partial charge in [-0.2, -0.15) is 0 Å². The third kappa shape index (κ3) is 4.68. The molecule has 0 bridgehead atoms. The molecule has 1 aromatic rings. The molecule has 2 heteroatoms. The van der Waals surface area contributed by atoms with Crippen molar-refractivity contribution in [2.24, 2.45) is 0 Å². The molecular formula is C15H25NO. The van der Waals surface area contributed by atoms with Crippen molar-refractivity contribution in [2.75, 3.05) is 12.4 Å². The smallest absolute Gasteiger partial charge is 0.119 e. The van der Waals surface area contributed by atoms with Crippen molar-refractivity contribution in [2.45, 2.75) is 52.5 Å². The minimum Gasteiger partial charge on any atom is -0.497 e. The van der Waals surface area contributed by atoms with Crippen LogP contribution in [0.1, 0.15) is 45.1 Å². The van der Waals surface area contributed by atoms with Crippen LogP contribution in [0.15, 0.2) is 18.2 Å². The molecule has 0 amide bonds. The average Bonchev–Trinajstić information content (AvgIpc) is 2.32. The van der Waals surface area contributed by atoms with Gasteiger partial charge in [0.2, 0.25) is 0 Å². The molecule has 1 atom stereocenters. The molecule has 0 saturated carbocycles. The van der Waals surface area contributed by atoms with Crippen molar-refractivity contribution in [1.82, 2.24) is 0 Å². The highest BCUT2D eigenvalue weighted by Crippen LogP contribution is 2.22. The number of hydrogen-bond acceptors (Lipinski definition) is 2. The predicted molar refractivity (Wildman–Crippen MR) is 75.0 cm³/mol. The molecule has 0 radical (unpaired) electrons. The lowest BCUT2D eigenvalue weighted by Gasteiger charge is -2.17. The Bertz CT molecular complexity index is 336. The number of methoxy groups -OCH3 is 1. The Morgan fingerprint density at radius 3 is 2.65 bits per heavy atom. The van der Waals surface area contributed by atoms with Gasteiger partial charge in [-0.3, -0.25) is 0 Å². The quantitative estimate of drug-likeness (QED) is 0.708. The fraction of sp³-hybridized carbons (Fsp3) is 0.600. The van der Waals surface area contributed by atoms with Crippen molar-refractivity contribution >= 4 is 5.69 Å². The van der Waals surface area contributed by atoms with Crippen molar-refractivity contribution in [3.63, 3.8) is 0 Å². The number of unbranched alkanes of at least 4 members (excludes halogenated alkanes) is 2. The van der Waals surface area contributed by atoms with E-state index < -0.39 is 0 Å². The third-order valence-electron chi connectivity index (χ3n) is 3.08. The molecule has 0 heterocycles. The Kier molecular flexibility index (Phi) is 5.88. The van der Waals surface area contributed by atoms with Gasteiger partial charge >= 0.3 is 0 Å². The number of hydrogen-bond donors (Lipinski definition) is 1. The highest BCUT2D eigenvalue weighted by molar-refractivity contribution is 5.54. The average molecular weight is 235 g/mol. The normalized spacial score (nSPS) is 12.2. The number of benzene rings is 1. The molecule has 0 aliphatic rings. The van der Waals surface area contributed by atoms with E-state index in [-0.39, 0.29) is 0 Å². The van der Waals surface area contributed by atoms with Crippen LogP contribution < -0.4 is 10.1 Å². The molecule has 0 saturated heterocycles. The van der Waals surface area contributed by atoms with Crippen LogP contribution in [0, 0.1) is 6.92 Å². The highest BCUT2D eigenvalue weighted by Gasteiger charge is 2.04. The van der Waals surface area contributed by atoms with E-state index in [0.29, 0.717) is 6.04 Å². The summed E-state index contributed by atoms with van der Waals surface area (Å²) < 4.78 is 5.21. The Morgan fingerprint density at radius 2 is 2.06 bits per heavy atom. The Balaban J connectivity index is 2.50. The molecule has 0 fully saturated rings. The van der Waals surface area contributed by atoms with Gasteiger partial charge < -0.3 is 10.1 Å². The largest absolute Gasteiger partial charge is 0.497 e. The van der Waals surface area contributed by atoms with Crippen LogP contribution in [0.4, 0.5) is 5.69 Å². The monoisotopic (exact) mass is 235 g/mol. The van der Waals surface area contributed by atoms with Crippen molar-refractivity contribution in [3.8, 4) is 5.75 Å². The van der Waals surface area contributed by atoms with E-state index in [9.17, 15) is 0 Å². The lowest BCUT2D eigenvalue weighted by Crippen LogP contribution is -2.15. The van der Waals surface area contributed by atoms with Gasteiger partial charge in [-0.15, -0.1) is 0 Å². The number of rotatable bonds is 7. The van der Waals surface area contributed by atoms with Gasteiger partial charge in [0.1, 0.15) is 5.75 Å². The highest BCUT2D eigenvalue weighted by atomic mass is 16.5. The topological polar surface area (TPSA) is 21.3 Å². The number of nitrogens with one attached hydrogen (secondary N) is 1. The molecule has 1 aromatic carbocycles. The maximum absolute atomic E-state index is 5.21. The van der Waals surface area contributed by atoms with Gasteiger partial charge in [-0.1, -0.05) is 26.2 Å². The minimum absolute atomic E-state index is 0.536. The van der Waals surface area contributed by atoms with E-state index in [1.165, 1.54) is 36.9 Å². The standard InChI is InChI=1S/C15H25NO/c1-5-6-7-8-13(3)16-15-10-9-14(17-4)11-12(15)2/h9-11,13,16H,5-8H2,1-4H3. The van der Waals surface area contributed by atoms with Crippen molar-refractivity contribution in [1.29, 1.82) is 0 Å². The lowest BCUT2D eigenvalue weighted by molar-refractivity contribution is 0.414. The van der Waals surface area contributed by atoms with E-state index in [1.807, 2.05) is 6.07 Å². The van der Waals surface area contributed by atoms with Gasteiger partial charge in [-0.05, 0) is 44.0 Å². The fourth-order valence-electron chi connectivity index (χ4n) is 1.96. The lowest BCUT2D eigenvalue weighted by atomic mass is 10.1. The molecule has 1 unspecified atom stereocenters.